The fraction of sp³-hybridized carbons (Fsp3) is 0.292. The van der Waals surface area contributed by atoms with Crippen molar-refractivity contribution >= 4 is 17.6 Å². The van der Waals surface area contributed by atoms with Crippen LogP contribution in [0.1, 0.15) is 63.3 Å². The molecule has 1 N–H and O–H groups in total. The van der Waals surface area contributed by atoms with Crippen molar-refractivity contribution in [3.05, 3.63) is 92.8 Å². The first kappa shape index (κ1) is 22.2. The van der Waals surface area contributed by atoms with Crippen molar-refractivity contribution < 1.29 is 19.2 Å². The number of esters is 1. The predicted molar refractivity (Wildman–Crippen MR) is 120 cm³/mol. The van der Waals surface area contributed by atoms with Gasteiger partial charge in [-0.3, -0.25) is 19.6 Å². The lowest BCUT2D eigenvalue weighted by atomic mass is 9.92. The molecule has 1 amide bonds. The molecule has 1 heterocycles. The highest BCUT2D eigenvalue weighted by molar-refractivity contribution is 5.99. The number of ether oxygens (including phenoxy) is 1. The van der Waals surface area contributed by atoms with Gasteiger partial charge in [0.05, 0.1) is 35.9 Å². The van der Waals surface area contributed by atoms with Gasteiger partial charge in [0, 0.05) is 29.0 Å². The summed E-state index contributed by atoms with van der Waals surface area (Å²) < 4.78 is 6.89. The summed E-state index contributed by atoms with van der Waals surface area (Å²) >= 11 is 0. The molecule has 0 bridgehead atoms. The number of nitrogens with one attached hydrogen (secondary N) is 1. The SMILES string of the molecule is CCOC(=O)c1cc(C(=O)NC2CCCc3c2cnn3Cc2ccccc2)cc([N+](=O)[O-])c1. The summed E-state index contributed by atoms with van der Waals surface area (Å²) in [4.78, 5) is 35.8. The largest absolute Gasteiger partial charge is 0.462 e. The number of benzene rings is 2. The summed E-state index contributed by atoms with van der Waals surface area (Å²) in [5, 5.41) is 18.8. The maximum absolute atomic E-state index is 13.0. The lowest BCUT2D eigenvalue weighted by Gasteiger charge is -2.24. The van der Waals surface area contributed by atoms with Crippen LogP contribution in [-0.2, 0) is 17.7 Å². The van der Waals surface area contributed by atoms with E-state index in [1.165, 1.54) is 12.1 Å². The number of amides is 1. The van der Waals surface area contributed by atoms with Crippen LogP contribution in [0.4, 0.5) is 5.69 Å². The number of fused-ring (bicyclic) bond motifs is 1. The van der Waals surface area contributed by atoms with Crippen LogP contribution in [0.3, 0.4) is 0 Å². The number of nitro groups is 1. The van der Waals surface area contributed by atoms with Gasteiger partial charge in [-0.2, -0.15) is 5.10 Å². The molecule has 9 nitrogen and oxygen atoms in total. The molecule has 0 saturated heterocycles. The first-order chi connectivity index (χ1) is 16.0. The molecule has 0 radical (unpaired) electrons. The molecule has 1 unspecified atom stereocenters. The van der Waals surface area contributed by atoms with Crippen LogP contribution in [0.5, 0.6) is 0 Å². The van der Waals surface area contributed by atoms with Crippen LogP contribution >= 0.6 is 0 Å². The van der Waals surface area contributed by atoms with Crippen LogP contribution in [0.15, 0.2) is 54.7 Å². The zero-order valence-corrected chi connectivity index (χ0v) is 18.2. The number of hydrogen-bond acceptors (Lipinski definition) is 6. The van der Waals surface area contributed by atoms with Crippen molar-refractivity contribution in [2.45, 2.75) is 38.8 Å². The van der Waals surface area contributed by atoms with E-state index < -0.39 is 16.8 Å². The van der Waals surface area contributed by atoms with Gasteiger partial charge in [0.1, 0.15) is 0 Å². The highest BCUT2D eigenvalue weighted by Gasteiger charge is 2.27. The van der Waals surface area contributed by atoms with Crippen molar-refractivity contribution in [2.24, 2.45) is 0 Å². The number of carbonyl (C=O) groups excluding carboxylic acids is 2. The second-order valence-corrected chi connectivity index (χ2v) is 7.85. The van der Waals surface area contributed by atoms with E-state index in [0.29, 0.717) is 6.54 Å². The van der Waals surface area contributed by atoms with Crippen LogP contribution in [0.2, 0.25) is 0 Å². The number of non-ortho nitro benzene ring substituents is 1. The summed E-state index contributed by atoms with van der Waals surface area (Å²) in [7, 11) is 0. The number of rotatable bonds is 7. The summed E-state index contributed by atoms with van der Waals surface area (Å²) in [6, 6.07) is 13.4. The summed E-state index contributed by atoms with van der Waals surface area (Å²) in [5.74, 6) is -1.20. The normalized spacial score (nSPS) is 14.9. The van der Waals surface area contributed by atoms with Gasteiger partial charge in [0.25, 0.3) is 11.6 Å². The molecule has 0 spiro atoms. The van der Waals surface area contributed by atoms with Crippen LogP contribution in [0.25, 0.3) is 0 Å². The maximum atomic E-state index is 13.0. The number of nitro benzene ring substituents is 1. The number of carbonyl (C=O) groups is 2. The number of hydrogen-bond donors (Lipinski definition) is 1. The smallest absolute Gasteiger partial charge is 0.338 e. The van der Waals surface area contributed by atoms with Crippen molar-refractivity contribution in [3.63, 3.8) is 0 Å². The molecule has 3 aromatic rings. The first-order valence-electron chi connectivity index (χ1n) is 10.8. The molecule has 0 fully saturated rings. The fourth-order valence-corrected chi connectivity index (χ4v) is 4.08. The Labute approximate surface area is 190 Å². The highest BCUT2D eigenvalue weighted by atomic mass is 16.6. The third kappa shape index (κ3) is 4.92. The zero-order valence-electron chi connectivity index (χ0n) is 18.2. The molecule has 1 aromatic heterocycles. The minimum atomic E-state index is -0.711. The van der Waals surface area contributed by atoms with E-state index in [0.717, 1.165) is 42.1 Å². The Morgan fingerprint density at radius 2 is 1.97 bits per heavy atom. The summed E-state index contributed by atoms with van der Waals surface area (Å²) in [6.45, 7) is 2.41. The molecule has 1 aliphatic carbocycles. The third-order valence-electron chi connectivity index (χ3n) is 5.65. The van der Waals surface area contributed by atoms with Gasteiger partial charge in [-0.05, 0) is 37.8 Å². The topological polar surface area (TPSA) is 116 Å². The molecule has 9 heteroatoms. The van der Waals surface area contributed by atoms with Crippen LogP contribution in [0, 0.1) is 10.1 Å². The van der Waals surface area contributed by atoms with E-state index in [9.17, 15) is 19.7 Å². The highest BCUT2D eigenvalue weighted by Crippen LogP contribution is 2.30. The van der Waals surface area contributed by atoms with Crippen molar-refractivity contribution in [2.75, 3.05) is 6.61 Å². The van der Waals surface area contributed by atoms with Crippen LogP contribution in [-0.4, -0.2) is 33.2 Å². The lowest BCUT2D eigenvalue weighted by Crippen LogP contribution is -2.31. The maximum Gasteiger partial charge on any atom is 0.338 e. The van der Waals surface area contributed by atoms with Gasteiger partial charge in [-0.15, -0.1) is 0 Å². The van der Waals surface area contributed by atoms with Gasteiger partial charge in [0.2, 0.25) is 0 Å². The van der Waals surface area contributed by atoms with Gasteiger partial charge in [-0.1, -0.05) is 30.3 Å². The van der Waals surface area contributed by atoms with E-state index in [1.54, 1.807) is 13.1 Å². The summed E-state index contributed by atoms with van der Waals surface area (Å²) in [6.07, 6.45) is 4.25. The predicted octanol–water partition coefficient (Wildman–Crippen LogP) is 3.82. The molecule has 4 rings (SSSR count). The Kier molecular flexibility index (Phi) is 6.48. The van der Waals surface area contributed by atoms with E-state index in [4.69, 9.17) is 4.74 Å². The van der Waals surface area contributed by atoms with Crippen molar-refractivity contribution in [1.29, 1.82) is 0 Å². The monoisotopic (exact) mass is 448 g/mol. The van der Waals surface area contributed by atoms with E-state index in [2.05, 4.69) is 10.4 Å². The molecule has 33 heavy (non-hydrogen) atoms. The molecule has 170 valence electrons. The standard InChI is InChI=1S/C24H24N4O5/c1-2-33-24(30)18-11-17(12-19(13-18)28(31)32)23(29)26-21-9-6-10-22-20(21)14-25-27(22)15-16-7-4-3-5-8-16/h3-5,7-8,11-14,21H,2,6,9-10,15H2,1H3,(H,26,29). The molecule has 1 atom stereocenters. The quantitative estimate of drug-likeness (QED) is 0.334. The number of aromatic nitrogens is 2. The van der Waals surface area contributed by atoms with Gasteiger partial charge >= 0.3 is 5.97 Å². The van der Waals surface area contributed by atoms with E-state index >= 15 is 0 Å². The molecular weight excluding hydrogens is 424 g/mol. The molecular formula is C24H24N4O5. The van der Waals surface area contributed by atoms with Crippen LogP contribution < -0.4 is 5.32 Å². The summed E-state index contributed by atoms with van der Waals surface area (Å²) in [5.41, 5.74) is 2.82. The first-order valence-corrected chi connectivity index (χ1v) is 10.8. The van der Waals surface area contributed by atoms with Gasteiger partial charge in [-0.25, -0.2) is 4.79 Å². The average Bonchev–Trinajstić information content (AvgIpc) is 3.23. The van der Waals surface area contributed by atoms with E-state index in [1.807, 2.05) is 35.0 Å². The Morgan fingerprint density at radius 3 is 2.70 bits per heavy atom. The molecule has 1 aliphatic rings. The third-order valence-corrected chi connectivity index (χ3v) is 5.65. The lowest BCUT2D eigenvalue weighted by molar-refractivity contribution is -0.384. The second-order valence-electron chi connectivity index (χ2n) is 7.85. The average molecular weight is 448 g/mol. The zero-order chi connectivity index (χ0) is 23.4. The number of nitrogens with zero attached hydrogens (tertiary/aromatic N) is 3. The van der Waals surface area contributed by atoms with Gasteiger partial charge in [0.15, 0.2) is 0 Å². The van der Waals surface area contributed by atoms with Gasteiger partial charge < -0.3 is 10.1 Å². The Bertz CT molecular complexity index is 1190. The fourth-order valence-electron chi connectivity index (χ4n) is 4.08. The molecule has 0 saturated carbocycles. The Hall–Kier alpha value is -4.01. The van der Waals surface area contributed by atoms with Crippen molar-refractivity contribution in [1.82, 2.24) is 15.1 Å². The van der Waals surface area contributed by atoms with Crippen molar-refractivity contribution in [3.8, 4) is 0 Å². The minimum absolute atomic E-state index is 0.0313. The molecule has 2 aromatic carbocycles. The Balaban J connectivity index is 1.56. The van der Waals surface area contributed by atoms with E-state index in [-0.39, 0.29) is 29.5 Å². The minimum Gasteiger partial charge on any atom is -0.462 e. The second kappa shape index (κ2) is 9.64. The Morgan fingerprint density at radius 1 is 1.21 bits per heavy atom. The molecule has 0 aliphatic heterocycles.